The van der Waals surface area contributed by atoms with Gasteiger partial charge in [-0.2, -0.15) is 5.10 Å². The number of ether oxygens (including phenoxy) is 2. The number of hydrogen-bond donors (Lipinski definition) is 1. The van der Waals surface area contributed by atoms with Gasteiger partial charge in [0.1, 0.15) is 6.33 Å². The monoisotopic (exact) mass is 524 g/mol. The Balaban J connectivity index is 1.17. The number of amides is 1. The van der Waals surface area contributed by atoms with Crippen LogP contribution in [0.2, 0.25) is 5.28 Å². The lowest BCUT2D eigenvalue weighted by atomic mass is 9.46. The van der Waals surface area contributed by atoms with E-state index in [1.165, 1.54) is 6.42 Å². The van der Waals surface area contributed by atoms with Gasteiger partial charge in [-0.3, -0.25) is 9.48 Å². The number of benzene rings is 1. The Morgan fingerprint density at radius 3 is 2.59 bits per heavy atom. The molecule has 4 bridgehead atoms. The molecule has 3 aromatic rings. The molecule has 2 unspecified atom stereocenters. The van der Waals surface area contributed by atoms with E-state index in [1.54, 1.807) is 12.5 Å². The number of nitrogens with zero attached hydrogens (tertiary/aromatic N) is 5. The second-order valence-electron chi connectivity index (χ2n) is 11.0. The molecule has 37 heavy (non-hydrogen) atoms. The summed E-state index contributed by atoms with van der Waals surface area (Å²) in [6.07, 6.45) is 11.3. The first kappa shape index (κ1) is 24.3. The van der Waals surface area contributed by atoms with Gasteiger partial charge in [-0.05, 0) is 93.5 Å². The molecule has 1 amide bonds. The Kier molecular flexibility index (Phi) is 6.13. The van der Waals surface area contributed by atoms with Gasteiger partial charge in [0, 0.05) is 6.20 Å². The van der Waals surface area contributed by atoms with Crippen LogP contribution in [0.5, 0.6) is 11.5 Å². The fourth-order valence-electron chi connectivity index (χ4n) is 7.38. The second-order valence-corrected chi connectivity index (χ2v) is 11.3. The number of rotatable bonds is 9. The van der Waals surface area contributed by atoms with E-state index in [4.69, 9.17) is 21.1 Å². The van der Waals surface area contributed by atoms with Gasteiger partial charge in [0.05, 0.1) is 42.6 Å². The van der Waals surface area contributed by atoms with E-state index in [1.807, 2.05) is 47.6 Å². The van der Waals surface area contributed by atoms with Gasteiger partial charge < -0.3 is 14.8 Å². The predicted molar refractivity (Wildman–Crippen MR) is 139 cm³/mol. The summed E-state index contributed by atoms with van der Waals surface area (Å²) in [6.45, 7) is 5.62. The molecule has 2 aromatic heterocycles. The van der Waals surface area contributed by atoms with E-state index in [2.05, 4.69) is 20.5 Å². The Labute approximate surface area is 221 Å². The van der Waals surface area contributed by atoms with Gasteiger partial charge in [-0.15, -0.1) is 5.10 Å². The number of aromatic nitrogens is 5. The van der Waals surface area contributed by atoms with E-state index < -0.39 is 5.41 Å². The molecule has 4 fully saturated rings. The van der Waals surface area contributed by atoms with Crippen LogP contribution in [0.1, 0.15) is 57.9 Å². The molecular weight excluding hydrogens is 492 g/mol. The van der Waals surface area contributed by atoms with Gasteiger partial charge in [-0.1, -0.05) is 6.07 Å². The van der Waals surface area contributed by atoms with Crippen molar-refractivity contribution in [2.45, 2.75) is 64.5 Å². The molecule has 4 aliphatic carbocycles. The summed E-state index contributed by atoms with van der Waals surface area (Å²) in [5.74, 6) is 2.61. The van der Waals surface area contributed by atoms with Crippen molar-refractivity contribution in [2.24, 2.45) is 17.3 Å². The SMILES string of the molecule is CCOc1ccc(Cn2cc(NC(=O)C34CC5CC(C3)CC(n3cnc(Cl)n3)(C5)C4)cn2)cc1OCC. The Bertz CT molecular complexity index is 1290. The van der Waals surface area contributed by atoms with Crippen LogP contribution in [0.25, 0.3) is 0 Å². The van der Waals surface area contributed by atoms with Gasteiger partial charge >= 0.3 is 0 Å². The third kappa shape index (κ3) is 4.47. The predicted octanol–water partition coefficient (Wildman–Crippen LogP) is 4.91. The third-order valence-corrected chi connectivity index (χ3v) is 8.48. The van der Waals surface area contributed by atoms with Gasteiger partial charge in [0.15, 0.2) is 11.5 Å². The van der Waals surface area contributed by atoms with Gasteiger partial charge in [0.2, 0.25) is 11.2 Å². The number of halogens is 1. The first-order valence-electron chi connectivity index (χ1n) is 13.2. The Morgan fingerprint density at radius 1 is 1.14 bits per heavy atom. The van der Waals surface area contributed by atoms with Crippen LogP contribution in [0, 0.1) is 17.3 Å². The maximum Gasteiger partial charge on any atom is 0.242 e. The fraction of sp³-hybridized carbons (Fsp3) is 0.556. The zero-order valence-corrected chi connectivity index (χ0v) is 22.1. The lowest BCUT2D eigenvalue weighted by Crippen LogP contribution is -2.60. The number of carbonyl (C=O) groups excluding carboxylic acids is 1. The van der Waals surface area contributed by atoms with Crippen LogP contribution in [0.15, 0.2) is 36.9 Å². The van der Waals surface area contributed by atoms with Crippen LogP contribution in [-0.2, 0) is 16.9 Å². The van der Waals surface area contributed by atoms with Crippen molar-refractivity contribution in [1.82, 2.24) is 24.5 Å². The standard InChI is InChI=1S/C27H33ClN6O3/c1-3-36-22-6-5-18(8-23(22)37-4-2)14-33-15-21(13-30-33)31-24(35)26-9-19-7-20(10-26)12-27(11-19,16-26)34-17-29-25(28)32-34/h5-6,8,13,15,17,19-20H,3-4,7,9-12,14,16H2,1-2H3,(H,31,35). The summed E-state index contributed by atoms with van der Waals surface area (Å²) >= 11 is 6.07. The van der Waals surface area contributed by atoms with Crippen molar-refractivity contribution in [3.63, 3.8) is 0 Å². The van der Waals surface area contributed by atoms with E-state index >= 15 is 0 Å². The van der Waals surface area contributed by atoms with Crippen molar-refractivity contribution >= 4 is 23.2 Å². The molecule has 1 aromatic carbocycles. The maximum absolute atomic E-state index is 13.8. The highest BCUT2D eigenvalue weighted by molar-refractivity contribution is 6.28. The molecule has 0 radical (unpaired) electrons. The van der Waals surface area contributed by atoms with Crippen molar-refractivity contribution in [3.05, 3.63) is 47.8 Å². The highest BCUT2D eigenvalue weighted by atomic mass is 35.5. The third-order valence-electron chi connectivity index (χ3n) is 8.31. The molecule has 10 heteroatoms. The number of nitrogens with one attached hydrogen (secondary N) is 1. The average Bonchev–Trinajstić information content (AvgIpc) is 3.49. The minimum atomic E-state index is -0.397. The van der Waals surface area contributed by atoms with Crippen molar-refractivity contribution in [1.29, 1.82) is 0 Å². The highest BCUT2D eigenvalue weighted by Crippen LogP contribution is 2.64. The topological polar surface area (TPSA) is 96.1 Å². The summed E-state index contributed by atoms with van der Waals surface area (Å²) in [5.41, 5.74) is 1.20. The molecule has 0 spiro atoms. The zero-order chi connectivity index (χ0) is 25.6. The molecule has 0 aliphatic heterocycles. The Hall–Kier alpha value is -3.07. The molecule has 4 aliphatic rings. The van der Waals surface area contributed by atoms with Gasteiger partial charge in [0.25, 0.3) is 0 Å². The van der Waals surface area contributed by atoms with E-state index in [0.717, 1.165) is 54.9 Å². The van der Waals surface area contributed by atoms with Crippen LogP contribution in [-0.4, -0.2) is 43.7 Å². The molecular formula is C27H33ClN6O3. The van der Waals surface area contributed by atoms with Crippen molar-refractivity contribution in [3.8, 4) is 11.5 Å². The van der Waals surface area contributed by atoms with E-state index in [-0.39, 0.29) is 16.7 Å². The lowest BCUT2D eigenvalue weighted by molar-refractivity contribution is -0.150. The van der Waals surface area contributed by atoms with Crippen LogP contribution in [0.3, 0.4) is 0 Å². The first-order chi connectivity index (χ1) is 17.9. The van der Waals surface area contributed by atoms with Crippen LogP contribution in [0.4, 0.5) is 5.69 Å². The molecule has 2 heterocycles. The summed E-state index contributed by atoms with van der Waals surface area (Å²) < 4.78 is 15.2. The minimum Gasteiger partial charge on any atom is -0.490 e. The summed E-state index contributed by atoms with van der Waals surface area (Å²) in [7, 11) is 0. The zero-order valence-electron chi connectivity index (χ0n) is 21.3. The Morgan fingerprint density at radius 2 is 1.89 bits per heavy atom. The molecule has 196 valence electrons. The molecule has 9 nitrogen and oxygen atoms in total. The summed E-state index contributed by atoms with van der Waals surface area (Å²) in [6, 6.07) is 5.93. The number of anilines is 1. The fourth-order valence-corrected chi connectivity index (χ4v) is 7.50. The van der Waals surface area contributed by atoms with Crippen molar-refractivity contribution in [2.75, 3.05) is 18.5 Å². The highest BCUT2D eigenvalue weighted by Gasteiger charge is 2.61. The van der Waals surface area contributed by atoms with E-state index in [0.29, 0.717) is 31.6 Å². The average molecular weight is 525 g/mol. The smallest absolute Gasteiger partial charge is 0.242 e. The van der Waals surface area contributed by atoms with Crippen molar-refractivity contribution < 1.29 is 14.3 Å². The second kappa shape index (κ2) is 9.35. The van der Waals surface area contributed by atoms with Crippen LogP contribution < -0.4 is 14.8 Å². The molecule has 2 atom stereocenters. The quantitative estimate of drug-likeness (QED) is 0.427. The largest absolute Gasteiger partial charge is 0.490 e. The summed E-state index contributed by atoms with van der Waals surface area (Å²) in [4.78, 5) is 17.9. The van der Waals surface area contributed by atoms with Gasteiger partial charge in [-0.25, -0.2) is 9.67 Å². The van der Waals surface area contributed by atoms with E-state index in [9.17, 15) is 4.79 Å². The summed E-state index contributed by atoms with van der Waals surface area (Å²) in [5, 5.41) is 12.4. The molecule has 0 saturated heterocycles. The number of hydrogen-bond acceptors (Lipinski definition) is 6. The molecule has 7 rings (SSSR count). The molecule has 1 N–H and O–H groups in total. The normalized spacial score (nSPS) is 27.9. The molecule has 4 saturated carbocycles. The minimum absolute atomic E-state index is 0.0939. The first-order valence-corrected chi connectivity index (χ1v) is 13.6. The number of carbonyl (C=O) groups is 1. The lowest BCUT2D eigenvalue weighted by Gasteiger charge is -2.60. The van der Waals surface area contributed by atoms with Crippen LogP contribution >= 0.6 is 11.6 Å². The maximum atomic E-state index is 13.8.